The molecule has 3 amide bonds. The summed E-state index contributed by atoms with van der Waals surface area (Å²) in [5.41, 5.74) is 5.47. The molecule has 16 heteroatoms. The van der Waals surface area contributed by atoms with Crippen LogP contribution in [0.1, 0.15) is 12.0 Å². The van der Waals surface area contributed by atoms with E-state index in [-0.39, 0.29) is 46.5 Å². The van der Waals surface area contributed by atoms with Crippen molar-refractivity contribution in [3.8, 4) is 0 Å². The van der Waals surface area contributed by atoms with E-state index in [2.05, 4.69) is 41.5 Å². The number of carboxylic acid groups (broad SMARTS) is 1. The number of likely N-dealkylation sites (tertiary alicyclic amines) is 1. The zero-order valence-electron chi connectivity index (χ0n) is 20.3. The Labute approximate surface area is 231 Å². The largest absolute Gasteiger partial charge is 0.465 e. The number of alkyl halides is 3. The van der Waals surface area contributed by atoms with Gasteiger partial charge in [-0.05, 0) is 52.7 Å². The van der Waals surface area contributed by atoms with Crippen LogP contribution in [0.15, 0.2) is 47.3 Å². The van der Waals surface area contributed by atoms with Gasteiger partial charge in [-0.3, -0.25) is 9.59 Å². The predicted octanol–water partition coefficient (Wildman–Crippen LogP) is 3.22. The second-order valence-corrected chi connectivity index (χ2v) is 9.86. The van der Waals surface area contributed by atoms with Crippen molar-refractivity contribution in [1.29, 1.82) is 0 Å². The van der Waals surface area contributed by atoms with Crippen LogP contribution in [0.4, 0.5) is 29.6 Å². The van der Waals surface area contributed by atoms with E-state index in [1.807, 2.05) is 0 Å². The maximum atomic E-state index is 13.6. The topological polar surface area (TPSA) is 168 Å². The molecule has 1 aliphatic rings. The third kappa shape index (κ3) is 5.21. The maximum absolute atomic E-state index is 13.6. The Kier molecular flexibility index (Phi) is 6.95. The van der Waals surface area contributed by atoms with Gasteiger partial charge in [0.05, 0.1) is 22.5 Å². The number of halogens is 4. The van der Waals surface area contributed by atoms with E-state index in [9.17, 15) is 32.7 Å². The van der Waals surface area contributed by atoms with E-state index in [1.54, 1.807) is 18.2 Å². The van der Waals surface area contributed by atoms with Crippen molar-refractivity contribution in [3.05, 3.63) is 52.9 Å². The molecule has 3 aromatic heterocycles. The molecule has 1 aromatic carbocycles. The van der Waals surface area contributed by atoms with Gasteiger partial charge in [0.1, 0.15) is 40.8 Å². The summed E-state index contributed by atoms with van der Waals surface area (Å²) in [5.74, 6) is -1.02. The number of nitrogens with one attached hydrogen (secondary N) is 2. The zero-order valence-corrected chi connectivity index (χ0v) is 21.9. The first-order chi connectivity index (χ1) is 18.9. The van der Waals surface area contributed by atoms with Crippen molar-refractivity contribution in [2.45, 2.75) is 31.2 Å². The highest BCUT2D eigenvalue weighted by Crippen LogP contribution is 2.36. The van der Waals surface area contributed by atoms with Crippen molar-refractivity contribution in [2.24, 2.45) is 0 Å². The van der Waals surface area contributed by atoms with Crippen LogP contribution in [0.25, 0.3) is 21.9 Å². The van der Waals surface area contributed by atoms with Gasteiger partial charge in [-0.25, -0.2) is 19.7 Å². The summed E-state index contributed by atoms with van der Waals surface area (Å²) in [7, 11) is 0. The minimum absolute atomic E-state index is 0.00485. The van der Waals surface area contributed by atoms with Gasteiger partial charge in [0.2, 0.25) is 11.8 Å². The molecular weight excluding hydrogens is 601 g/mol. The number of aromatic nitrogens is 4. The summed E-state index contributed by atoms with van der Waals surface area (Å²) in [4.78, 5) is 51.5. The minimum Gasteiger partial charge on any atom is -0.465 e. The van der Waals surface area contributed by atoms with Crippen molar-refractivity contribution in [1.82, 2.24) is 29.7 Å². The summed E-state index contributed by atoms with van der Waals surface area (Å²) in [6.45, 7) is -0.526. The molecule has 0 saturated carbocycles. The van der Waals surface area contributed by atoms with Crippen LogP contribution < -0.4 is 16.4 Å². The second-order valence-electron chi connectivity index (χ2n) is 9.05. The molecule has 208 valence electrons. The first kappa shape index (κ1) is 27.1. The summed E-state index contributed by atoms with van der Waals surface area (Å²) in [5, 5.41) is 14.4. The van der Waals surface area contributed by atoms with E-state index in [1.165, 1.54) is 15.5 Å². The smallest absolute Gasteiger partial charge is 0.416 e. The van der Waals surface area contributed by atoms with Gasteiger partial charge >= 0.3 is 12.3 Å². The van der Waals surface area contributed by atoms with Crippen LogP contribution >= 0.6 is 15.9 Å². The normalized spacial score (nSPS) is 17.4. The third-order valence-corrected chi connectivity index (χ3v) is 6.95. The number of rotatable bonds is 5. The van der Waals surface area contributed by atoms with Gasteiger partial charge in [-0.2, -0.15) is 13.2 Å². The van der Waals surface area contributed by atoms with Gasteiger partial charge in [0, 0.05) is 11.9 Å². The van der Waals surface area contributed by atoms with Crippen LogP contribution in [0, 0.1) is 0 Å². The molecule has 4 heterocycles. The van der Waals surface area contributed by atoms with Gasteiger partial charge in [-0.15, -0.1) is 0 Å². The standard InChI is InChI=1S/C24H20BrF3N8O4/c25-16-2-1-3-17(33-16)34-22(38)15-7-12(32-23(39)40)8-35(15)18(37)9-36-14-5-4-11(24(26,27)28)6-13(14)19-20(29)30-10-31-21(19)36/h1-6,10,12,15,32H,7-9H2,(H,39,40)(H2,29,30,31)(H,33,34,38)/t12-,15+/m1/s1. The lowest BCUT2D eigenvalue weighted by Gasteiger charge is -2.24. The fourth-order valence-corrected chi connectivity index (χ4v) is 5.17. The summed E-state index contributed by atoms with van der Waals surface area (Å²) >= 11 is 3.21. The highest BCUT2D eigenvalue weighted by atomic mass is 79.9. The maximum Gasteiger partial charge on any atom is 0.416 e. The molecule has 2 atom stereocenters. The lowest BCUT2D eigenvalue weighted by Crippen LogP contribution is -2.45. The fourth-order valence-electron chi connectivity index (χ4n) is 4.83. The molecule has 5 N–H and O–H groups in total. The fraction of sp³-hybridized carbons (Fsp3) is 0.250. The molecule has 0 radical (unpaired) electrons. The Morgan fingerprint density at radius 2 is 1.95 bits per heavy atom. The Morgan fingerprint density at radius 1 is 1.18 bits per heavy atom. The summed E-state index contributed by atoms with van der Waals surface area (Å²) in [6.07, 6.45) is -4.81. The molecule has 4 aromatic rings. The van der Waals surface area contributed by atoms with Crippen LogP contribution in [0.5, 0.6) is 0 Å². The quantitative estimate of drug-likeness (QED) is 0.247. The molecule has 1 fully saturated rings. The Bertz CT molecular complexity index is 1660. The molecule has 1 aliphatic heterocycles. The number of fused-ring (bicyclic) bond motifs is 3. The van der Waals surface area contributed by atoms with E-state index in [0.717, 1.165) is 18.5 Å². The Hall–Kier alpha value is -4.47. The summed E-state index contributed by atoms with van der Waals surface area (Å²) in [6, 6.07) is 6.08. The van der Waals surface area contributed by atoms with Crippen LogP contribution in [-0.4, -0.2) is 66.1 Å². The number of nitrogens with two attached hydrogens (primary N) is 1. The number of hydrogen-bond acceptors (Lipinski definition) is 7. The number of amides is 3. The molecule has 5 rings (SSSR count). The lowest BCUT2D eigenvalue weighted by molar-refractivity contribution is -0.137. The number of pyridine rings is 1. The molecule has 40 heavy (non-hydrogen) atoms. The first-order valence-electron chi connectivity index (χ1n) is 11.7. The van der Waals surface area contributed by atoms with Gasteiger partial charge in [-0.1, -0.05) is 6.07 Å². The highest BCUT2D eigenvalue weighted by molar-refractivity contribution is 9.10. The average molecular weight is 621 g/mol. The number of carbonyl (C=O) groups excluding carboxylic acids is 2. The Morgan fingerprint density at radius 3 is 2.65 bits per heavy atom. The van der Waals surface area contributed by atoms with Gasteiger partial charge in [0.15, 0.2) is 0 Å². The Balaban J connectivity index is 1.50. The monoisotopic (exact) mass is 620 g/mol. The van der Waals surface area contributed by atoms with Crippen molar-refractivity contribution >= 4 is 67.4 Å². The average Bonchev–Trinajstić information content (AvgIpc) is 3.43. The number of benzene rings is 1. The van der Waals surface area contributed by atoms with Gasteiger partial charge < -0.3 is 30.9 Å². The predicted molar refractivity (Wildman–Crippen MR) is 140 cm³/mol. The van der Waals surface area contributed by atoms with Crippen molar-refractivity contribution in [2.75, 3.05) is 17.6 Å². The van der Waals surface area contributed by atoms with Crippen LogP contribution in [-0.2, 0) is 22.3 Å². The molecular formula is C24H20BrF3N8O4. The van der Waals surface area contributed by atoms with Crippen molar-refractivity contribution < 1.29 is 32.7 Å². The van der Waals surface area contributed by atoms with E-state index in [0.29, 0.717) is 4.60 Å². The molecule has 12 nitrogen and oxygen atoms in total. The SMILES string of the molecule is Nc1ncnc2c1c1cc(C(F)(F)F)ccc1n2CC(=O)N1C[C@H](NC(=O)O)C[C@H]1C(=O)Nc1cccc(Br)n1. The van der Waals surface area contributed by atoms with E-state index in [4.69, 9.17) is 5.73 Å². The number of carbonyl (C=O) groups is 3. The summed E-state index contributed by atoms with van der Waals surface area (Å²) < 4.78 is 42.2. The first-order valence-corrected chi connectivity index (χ1v) is 12.5. The zero-order chi connectivity index (χ0) is 28.8. The molecule has 0 aliphatic carbocycles. The van der Waals surface area contributed by atoms with Crippen LogP contribution in [0.3, 0.4) is 0 Å². The third-order valence-electron chi connectivity index (χ3n) is 6.51. The van der Waals surface area contributed by atoms with Gasteiger partial charge in [0.25, 0.3) is 0 Å². The van der Waals surface area contributed by atoms with E-state index >= 15 is 0 Å². The number of hydrogen-bond donors (Lipinski definition) is 4. The van der Waals surface area contributed by atoms with Crippen LogP contribution in [0.2, 0.25) is 0 Å². The highest BCUT2D eigenvalue weighted by Gasteiger charge is 2.41. The molecule has 1 saturated heterocycles. The van der Waals surface area contributed by atoms with Crippen molar-refractivity contribution in [3.63, 3.8) is 0 Å². The minimum atomic E-state index is -4.62. The second kappa shape index (κ2) is 10.3. The number of nitrogens with zero attached hydrogens (tertiary/aromatic N) is 5. The molecule has 0 unspecified atom stereocenters. The number of anilines is 2. The molecule has 0 bridgehead atoms. The lowest BCUT2D eigenvalue weighted by atomic mass is 10.1. The van der Waals surface area contributed by atoms with E-state index < -0.39 is 48.3 Å². The number of nitrogen functional groups attached to an aromatic ring is 1. The molecule has 0 spiro atoms.